The Morgan fingerprint density at radius 2 is 2.10 bits per heavy atom. The van der Waals surface area contributed by atoms with Gasteiger partial charge in [0.1, 0.15) is 5.75 Å². The Bertz CT molecular complexity index is 674. The topological polar surface area (TPSA) is 61.7 Å². The molecule has 1 amide bonds. The molecule has 102 valence electrons. The van der Waals surface area contributed by atoms with Gasteiger partial charge in [-0.2, -0.15) is 5.10 Å². The number of hydrazone groups is 1. The number of rotatable bonds is 3. The summed E-state index contributed by atoms with van der Waals surface area (Å²) in [5.41, 5.74) is 3.47. The van der Waals surface area contributed by atoms with Gasteiger partial charge in [-0.1, -0.05) is 22.0 Å². The van der Waals surface area contributed by atoms with Crippen LogP contribution in [0, 0.1) is 3.57 Å². The number of phenolic OH excluding ortho intramolecular Hbond substituents is 1. The minimum absolute atomic E-state index is 0.117. The highest BCUT2D eigenvalue weighted by molar-refractivity contribution is 14.1. The van der Waals surface area contributed by atoms with Crippen molar-refractivity contribution in [1.29, 1.82) is 0 Å². The maximum Gasteiger partial charge on any atom is 0.271 e. The number of hydrogen-bond acceptors (Lipinski definition) is 3. The molecular formula is C14H10BrIN2O2. The normalized spacial score (nSPS) is 10.7. The number of carbonyl (C=O) groups excluding carboxylic acids is 1. The van der Waals surface area contributed by atoms with Crippen molar-refractivity contribution in [3.05, 3.63) is 61.6 Å². The lowest BCUT2D eigenvalue weighted by Gasteiger charge is -2.01. The van der Waals surface area contributed by atoms with E-state index in [4.69, 9.17) is 0 Å². The zero-order chi connectivity index (χ0) is 14.5. The molecule has 0 saturated heterocycles. The number of aromatic hydroxyl groups is 1. The maximum absolute atomic E-state index is 11.8. The Morgan fingerprint density at radius 1 is 1.30 bits per heavy atom. The van der Waals surface area contributed by atoms with E-state index >= 15 is 0 Å². The van der Waals surface area contributed by atoms with E-state index in [2.05, 4.69) is 49.0 Å². The van der Waals surface area contributed by atoms with Gasteiger partial charge in [-0.3, -0.25) is 4.79 Å². The Kier molecular flexibility index (Phi) is 5.13. The number of nitrogens with one attached hydrogen (secondary N) is 1. The smallest absolute Gasteiger partial charge is 0.271 e. The van der Waals surface area contributed by atoms with Crippen molar-refractivity contribution in [2.75, 3.05) is 0 Å². The van der Waals surface area contributed by atoms with Crippen molar-refractivity contribution in [3.63, 3.8) is 0 Å². The summed E-state index contributed by atoms with van der Waals surface area (Å²) in [4.78, 5) is 11.8. The quantitative estimate of drug-likeness (QED) is 0.432. The lowest BCUT2D eigenvalue weighted by atomic mass is 10.2. The van der Waals surface area contributed by atoms with Crippen LogP contribution in [0.4, 0.5) is 0 Å². The largest absolute Gasteiger partial charge is 0.507 e. The zero-order valence-corrected chi connectivity index (χ0v) is 13.9. The second kappa shape index (κ2) is 6.85. The van der Waals surface area contributed by atoms with Gasteiger partial charge in [-0.15, -0.1) is 0 Å². The fraction of sp³-hybridized carbons (Fsp3) is 0. The standard InChI is InChI=1S/C14H10BrIN2O2/c15-11-3-1-2-9(6-11)14(20)18-17-8-10-7-12(16)4-5-13(10)19/h1-8,19H,(H,18,20)/b17-8-. The SMILES string of the molecule is O=C(N/N=C\c1cc(I)ccc1O)c1cccc(Br)c1. The van der Waals surface area contributed by atoms with E-state index in [1.165, 1.54) is 6.21 Å². The first-order chi connectivity index (χ1) is 9.56. The number of nitrogens with zero attached hydrogens (tertiary/aromatic N) is 1. The predicted molar refractivity (Wildman–Crippen MR) is 90.0 cm³/mol. The molecule has 0 aromatic heterocycles. The average molecular weight is 445 g/mol. The third-order valence-corrected chi connectivity index (χ3v) is 3.61. The van der Waals surface area contributed by atoms with Gasteiger partial charge in [-0.25, -0.2) is 5.43 Å². The number of halogens is 2. The fourth-order valence-corrected chi connectivity index (χ4v) is 2.40. The molecule has 0 atom stereocenters. The average Bonchev–Trinajstić information content (AvgIpc) is 2.42. The van der Waals surface area contributed by atoms with E-state index in [9.17, 15) is 9.90 Å². The van der Waals surface area contributed by atoms with Gasteiger partial charge in [0, 0.05) is 19.2 Å². The number of carbonyl (C=O) groups is 1. The minimum atomic E-state index is -0.312. The van der Waals surface area contributed by atoms with Gasteiger partial charge in [0.05, 0.1) is 6.21 Å². The Labute approximate surface area is 138 Å². The van der Waals surface area contributed by atoms with Crippen molar-refractivity contribution in [2.24, 2.45) is 5.10 Å². The molecule has 6 heteroatoms. The molecule has 20 heavy (non-hydrogen) atoms. The summed E-state index contributed by atoms with van der Waals surface area (Å²) in [5.74, 6) is -0.196. The molecule has 0 radical (unpaired) electrons. The first-order valence-corrected chi connectivity index (χ1v) is 7.51. The van der Waals surface area contributed by atoms with Crippen LogP contribution in [0.1, 0.15) is 15.9 Å². The molecule has 0 fully saturated rings. The van der Waals surface area contributed by atoms with Gasteiger partial charge < -0.3 is 5.11 Å². The third-order valence-electron chi connectivity index (χ3n) is 2.45. The van der Waals surface area contributed by atoms with Crippen LogP contribution >= 0.6 is 38.5 Å². The van der Waals surface area contributed by atoms with Crippen LogP contribution in [-0.2, 0) is 0 Å². The van der Waals surface area contributed by atoms with Gasteiger partial charge in [-0.05, 0) is 59.0 Å². The van der Waals surface area contributed by atoms with E-state index in [0.29, 0.717) is 11.1 Å². The molecule has 0 heterocycles. The first kappa shape index (κ1) is 15.0. The fourth-order valence-electron chi connectivity index (χ4n) is 1.48. The van der Waals surface area contributed by atoms with Crippen LogP contribution < -0.4 is 5.43 Å². The van der Waals surface area contributed by atoms with Crippen molar-refractivity contribution in [2.45, 2.75) is 0 Å². The molecule has 2 N–H and O–H groups in total. The molecule has 0 bridgehead atoms. The van der Waals surface area contributed by atoms with Crippen LogP contribution in [0.25, 0.3) is 0 Å². The highest BCUT2D eigenvalue weighted by Gasteiger charge is 2.04. The van der Waals surface area contributed by atoms with Crippen LogP contribution in [-0.4, -0.2) is 17.2 Å². The summed E-state index contributed by atoms with van der Waals surface area (Å²) in [5, 5.41) is 13.5. The highest BCUT2D eigenvalue weighted by Crippen LogP contribution is 2.17. The predicted octanol–water partition coefficient (Wildman–Crippen LogP) is 3.52. The summed E-state index contributed by atoms with van der Waals surface area (Å²) in [6.07, 6.45) is 1.41. The minimum Gasteiger partial charge on any atom is -0.507 e. The number of hydrogen-bond donors (Lipinski definition) is 2. The summed E-state index contributed by atoms with van der Waals surface area (Å²) >= 11 is 5.44. The number of phenols is 1. The molecular weight excluding hydrogens is 435 g/mol. The van der Waals surface area contributed by atoms with Crippen molar-refractivity contribution < 1.29 is 9.90 Å². The molecule has 2 aromatic carbocycles. The Balaban J connectivity index is 2.06. The molecule has 2 aromatic rings. The zero-order valence-electron chi connectivity index (χ0n) is 10.2. The van der Waals surface area contributed by atoms with Crippen molar-refractivity contribution in [1.82, 2.24) is 5.43 Å². The number of amides is 1. The second-order valence-electron chi connectivity index (χ2n) is 3.91. The maximum atomic E-state index is 11.8. The third kappa shape index (κ3) is 4.04. The molecule has 0 aliphatic carbocycles. The van der Waals surface area contributed by atoms with E-state index < -0.39 is 0 Å². The first-order valence-electron chi connectivity index (χ1n) is 5.64. The lowest BCUT2D eigenvalue weighted by molar-refractivity contribution is 0.0955. The van der Waals surface area contributed by atoms with Crippen LogP contribution in [0.15, 0.2) is 52.0 Å². The van der Waals surface area contributed by atoms with E-state index in [-0.39, 0.29) is 11.7 Å². The second-order valence-corrected chi connectivity index (χ2v) is 6.07. The molecule has 4 nitrogen and oxygen atoms in total. The van der Waals surface area contributed by atoms with Crippen molar-refractivity contribution >= 4 is 50.6 Å². The van der Waals surface area contributed by atoms with E-state index in [0.717, 1.165) is 8.04 Å². The van der Waals surface area contributed by atoms with E-state index in [1.807, 2.05) is 6.07 Å². The molecule has 2 rings (SSSR count). The van der Waals surface area contributed by atoms with Crippen LogP contribution in [0.5, 0.6) is 5.75 Å². The summed E-state index contributed by atoms with van der Waals surface area (Å²) in [6.45, 7) is 0. The molecule has 0 aliphatic heterocycles. The van der Waals surface area contributed by atoms with Crippen LogP contribution in [0.3, 0.4) is 0 Å². The summed E-state index contributed by atoms with van der Waals surface area (Å²) in [7, 11) is 0. The number of benzene rings is 2. The van der Waals surface area contributed by atoms with Gasteiger partial charge in [0.2, 0.25) is 0 Å². The van der Waals surface area contributed by atoms with Crippen LogP contribution in [0.2, 0.25) is 0 Å². The summed E-state index contributed by atoms with van der Waals surface area (Å²) < 4.78 is 1.80. The molecule has 0 aliphatic rings. The van der Waals surface area contributed by atoms with Crippen molar-refractivity contribution in [3.8, 4) is 5.75 Å². The van der Waals surface area contributed by atoms with Gasteiger partial charge in [0.15, 0.2) is 0 Å². The Hall–Kier alpha value is -1.41. The van der Waals surface area contributed by atoms with Gasteiger partial charge >= 0.3 is 0 Å². The lowest BCUT2D eigenvalue weighted by Crippen LogP contribution is -2.17. The molecule has 0 saturated carbocycles. The van der Waals surface area contributed by atoms with E-state index in [1.54, 1.807) is 36.4 Å². The molecule has 0 spiro atoms. The Morgan fingerprint density at radius 3 is 2.85 bits per heavy atom. The monoisotopic (exact) mass is 444 g/mol. The summed E-state index contributed by atoms with van der Waals surface area (Å²) in [6, 6.07) is 12.1. The van der Waals surface area contributed by atoms with Gasteiger partial charge in [0.25, 0.3) is 5.91 Å². The highest BCUT2D eigenvalue weighted by atomic mass is 127. The molecule has 0 unspecified atom stereocenters.